The third-order valence-corrected chi connectivity index (χ3v) is 2.67. The highest BCUT2D eigenvalue weighted by Crippen LogP contribution is 2.25. The summed E-state index contributed by atoms with van der Waals surface area (Å²) in [6.07, 6.45) is 8.95. The van der Waals surface area contributed by atoms with Gasteiger partial charge in [0, 0.05) is 12.8 Å². The van der Waals surface area contributed by atoms with Crippen molar-refractivity contribution in [3.63, 3.8) is 0 Å². The Kier molecular flexibility index (Phi) is 7.66. The fraction of sp³-hybridized carbons (Fsp3) is 0.769. The number of nitrogens with one attached hydrogen (secondary N) is 1. The smallest absolute Gasteiger partial charge is 0.303 e. The van der Waals surface area contributed by atoms with Crippen LogP contribution in [0.25, 0.3) is 0 Å². The van der Waals surface area contributed by atoms with Crippen molar-refractivity contribution >= 4 is 5.97 Å². The third-order valence-electron chi connectivity index (χ3n) is 2.67. The average Bonchev–Trinajstić information content (AvgIpc) is 2.21. The summed E-state index contributed by atoms with van der Waals surface area (Å²) in [6, 6.07) is 0. The highest BCUT2D eigenvalue weighted by Gasteiger charge is 2.18. The molecule has 0 fully saturated rings. The summed E-state index contributed by atoms with van der Waals surface area (Å²) in [4.78, 5) is 10.5. The molecule has 3 nitrogen and oxygen atoms in total. The second kappa shape index (κ2) is 8.18. The van der Waals surface area contributed by atoms with E-state index in [4.69, 9.17) is 11.5 Å². The second-order valence-corrected chi connectivity index (χ2v) is 4.87. The predicted molar refractivity (Wildman–Crippen MR) is 66.2 cm³/mol. The van der Waals surface area contributed by atoms with Crippen LogP contribution in [0.15, 0.2) is 0 Å². The lowest BCUT2D eigenvalue weighted by Gasteiger charge is -2.23. The van der Waals surface area contributed by atoms with E-state index in [1.54, 1.807) is 0 Å². The number of aliphatic carboxylic acids is 1. The van der Waals surface area contributed by atoms with Gasteiger partial charge in [-0.2, -0.15) is 0 Å². The zero-order chi connectivity index (χ0) is 12.4. The van der Waals surface area contributed by atoms with Crippen LogP contribution in [0.4, 0.5) is 0 Å². The van der Waals surface area contributed by atoms with Crippen molar-refractivity contribution in [2.75, 3.05) is 13.1 Å². The summed E-state index contributed by atoms with van der Waals surface area (Å²) in [5, 5.41) is 11.9. The maximum Gasteiger partial charge on any atom is 0.303 e. The Morgan fingerprint density at radius 1 is 1.38 bits per heavy atom. The van der Waals surface area contributed by atoms with Crippen LogP contribution in [-0.2, 0) is 4.79 Å². The van der Waals surface area contributed by atoms with Gasteiger partial charge in [-0.3, -0.25) is 4.79 Å². The first-order valence-corrected chi connectivity index (χ1v) is 5.84. The van der Waals surface area contributed by atoms with Crippen LogP contribution < -0.4 is 5.32 Å². The van der Waals surface area contributed by atoms with Gasteiger partial charge in [-0.15, -0.1) is 12.3 Å². The quantitative estimate of drug-likeness (QED) is 0.467. The fourth-order valence-electron chi connectivity index (χ4n) is 1.44. The van der Waals surface area contributed by atoms with Gasteiger partial charge in [-0.05, 0) is 37.8 Å². The van der Waals surface area contributed by atoms with Crippen molar-refractivity contribution in [2.45, 2.75) is 46.0 Å². The number of hydrogen-bond donors (Lipinski definition) is 2. The van der Waals surface area contributed by atoms with Crippen molar-refractivity contribution in [1.29, 1.82) is 0 Å². The molecule has 0 spiro atoms. The third kappa shape index (κ3) is 9.54. The molecule has 0 aliphatic heterocycles. The zero-order valence-electron chi connectivity index (χ0n) is 10.4. The molecule has 0 aromatic carbocycles. The molecule has 2 N–H and O–H groups in total. The molecular formula is C13H23NO2. The van der Waals surface area contributed by atoms with E-state index in [9.17, 15) is 4.79 Å². The van der Waals surface area contributed by atoms with Gasteiger partial charge in [0.05, 0.1) is 0 Å². The highest BCUT2D eigenvalue weighted by atomic mass is 16.4. The maximum absolute atomic E-state index is 10.5. The van der Waals surface area contributed by atoms with Crippen molar-refractivity contribution in [3.05, 3.63) is 0 Å². The van der Waals surface area contributed by atoms with Crippen molar-refractivity contribution in [3.8, 4) is 12.3 Å². The van der Waals surface area contributed by atoms with Crippen LogP contribution in [0.3, 0.4) is 0 Å². The molecule has 0 unspecified atom stereocenters. The molecular weight excluding hydrogens is 202 g/mol. The fourth-order valence-corrected chi connectivity index (χ4v) is 1.44. The van der Waals surface area contributed by atoms with Crippen LogP contribution >= 0.6 is 0 Å². The topological polar surface area (TPSA) is 49.3 Å². The number of carbonyl (C=O) groups is 1. The minimum atomic E-state index is -0.713. The van der Waals surface area contributed by atoms with Gasteiger partial charge < -0.3 is 10.4 Å². The molecule has 0 saturated heterocycles. The molecule has 0 aliphatic carbocycles. The molecule has 0 aromatic rings. The van der Waals surface area contributed by atoms with E-state index >= 15 is 0 Å². The summed E-state index contributed by atoms with van der Waals surface area (Å²) in [5.74, 6) is 1.89. The maximum atomic E-state index is 10.5. The van der Waals surface area contributed by atoms with E-state index < -0.39 is 5.97 Å². The summed E-state index contributed by atoms with van der Waals surface area (Å²) in [5.41, 5.74) is 0.0947. The molecule has 0 heterocycles. The molecule has 0 saturated carbocycles. The lowest BCUT2D eigenvalue weighted by molar-refractivity contribution is -0.137. The Labute approximate surface area is 98.6 Å². The Morgan fingerprint density at radius 3 is 2.62 bits per heavy atom. The first-order chi connectivity index (χ1) is 7.48. The standard InChI is InChI=1S/C13H23NO2/c1-4-5-6-10-14-11-9-13(2,3)8-7-12(15)16/h1,14H,5-11H2,2-3H3,(H,15,16). The summed E-state index contributed by atoms with van der Waals surface area (Å²) < 4.78 is 0. The molecule has 0 bridgehead atoms. The molecule has 92 valence electrons. The lowest BCUT2D eigenvalue weighted by atomic mass is 9.84. The SMILES string of the molecule is C#CCCCNCCC(C)(C)CCC(=O)O. The minimum absolute atomic E-state index is 0.0947. The first kappa shape index (κ1) is 15.0. The summed E-state index contributed by atoms with van der Waals surface area (Å²) in [7, 11) is 0. The van der Waals surface area contributed by atoms with Gasteiger partial charge in [0.15, 0.2) is 0 Å². The van der Waals surface area contributed by atoms with E-state index in [2.05, 4.69) is 25.1 Å². The largest absolute Gasteiger partial charge is 0.481 e. The van der Waals surface area contributed by atoms with E-state index in [0.717, 1.165) is 38.8 Å². The lowest BCUT2D eigenvalue weighted by Crippen LogP contribution is -2.23. The number of hydrogen-bond acceptors (Lipinski definition) is 2. The van der Waals surface area contributed by atoms with Crippen LogP contribution in [0, 0.1) is 17.8 Å². The molecule has 0 aliphatic rings. The monoisotopic (exact) mass is 225 g/mol. The van der Waals surface area contributed by atoms with Crippen LogP contribution in [0.5, 0.6) is 0 Å². The molecule has 0 radical (unpaired) electrons. The van der Waals surface area contributed by atoms with Crippen molar-refractivity contribution < 1.29 is 9.90 Å². The van der Waals surface area contributed by atoms with Crippen LogP contribution in [0.1, 0.15) is 46.0 Å². The summed E-state index contributed by atoms with van der Waals surface area (Å²) >= 11 is 0. The number of terminal acetylenes is 1. The summed E-state index contributed by atoms with van der Waals surface area (Å²) in [6.45, 7) is 6.09. The molecule has 0 rings (SSSR count). The van der Waals surface area contributed by atoms with E-state index in [-0.39, 0.29) is 11.8 Å². The predicted octanol–water partition coefficient (Wildman–Crippen LogP) is 2.27. The van der Waals surface area contributed by atoms with E-state index in [1.807, 2.05) is 0 Å². The Balaban J connectivity index is 3.50. The zero-order valence-corrected chi connectivity index (χ0v) is 10.4. The van der Waals surface area contributed by atoms with Gasteiger partial charge in [-0.1, -0.05) is 13.8 Å². The van der Waals surface area contributed by atoms with Gasteiger partial charge >= 0.3 is 5.97 Å². The second-order valence-electron chi connectivity index (χ2n) is 4.87. The molecule has 3 heteroatoms. The normalized spacial score (nSPS) is 11.1. The van der Waals surface area contributed by atoms with Crippen LogP contribution in [-0.4, -0.2) is 24.2 Å². The highest BCUT2D eigenvalue weighted by molar-refractivity contribution is 5.66. The van der Waals surface area contributed by atoms with Gasteiger partial charge in [0.1, 0.15) is 0 Å². The Hall–Kier alpha value is -1.01. The molecule has 0 amide bonds. The number of carboxylic acids is 1. The van der Waals surface area contributed by atoms with Gasteiger partial charge in [-0.25, -0.2) is 0 Å². The first-order valence-electron chi connectivity index (χ1n) is 5.84. The van der Waals surface area contributed by atoms with Crippen LogP contribution in [0.2, 0.25) is 0 Å². The molecule has 16 heavy (non-hydrogen) atoms. The van der Waals surface area contributed by atoms with E-state index in [1.165, 1.54) is 0 Å². The average molecular weight is 225 g/mol. The molecule has 0 aromatic heterocycles. The molecule has 0 atom stereocenters. The number of rotatable bonds is 9. The Bertz CT molecular complexity index is 241. The van der Waals surface area contributed by atoms with Crippen molar-refractivity contribution in [1.82, 2.24) is 5.32 Å². The van der Waals surface area contributed by atoms with Crippen molar-refractivity contribution in [2.24, 2.45) is 5.41 Å². The number of unbranched alkanes of at least 4 members (excludes halogenated alkanes) is 1. The van der Waals surface area contributed by atoms with E-state index in [0.29, 0.717) is 0 Å². The Morgan fingerprint density at radius 2 is 2.06 bits per heavy atom. The number of carboxylic acid groups (broad SMARTS) is 1. The van der Waals surface area contributed by atoms with Gasteiger partial charge in [0.2, 0.25) is 0 Å². The van der Waals surface area contributed by atoms with Gasteiger partial charge in [0.25, 0.3) is 0 Å². The minimum Gasteiger partial charge on any atom is -0.481 e.